The lowest BCUT2D eigenvalue weighted by atomic mass is 10.3. The summed E-state index contributed by atoms with van der Waals surface area (Å²) in [5.41, 5.74) is 0.322. The molecule has 0 aliphatic carbocycles. The molecule has 0 aliphatic rings. The van der Waals surface area contributed by atoms with Gasteiger partial charge in [-0.25, -0.2) is 8.42 Å². The Morgan fingerprint density at radius 2 is 1.68 bits per heavy atom. The van der Waals surface area contributed by atoms with E-state index < -0.39 is 10.0 Å². The number of benzene rings is 1. The Balaban J connectivity index is 1.99. The van der Waals surface area contributed by atoms with E-state index >= 15 is 0 Å². The number of amides is 1. The van der Waals surface area contributed by atoms with Gasteiger partial charge in [-0.3, -0.25) is 4.79 Å². The molecule has 148 valence electrons. The Labute approximate surface area is 172 Å². The Morgan fingerprint density at radius 1 is 1.07 bits per heavy atom. The first-order chi connectivity index (χ1) is 13.4. The molecule has 1 N–H and O–H groups in total. The topological polar surface area (TPSA) is 75.7 Å². The Morgan fingerprint density at radius 3 is 2.14 bits per heavy atom. The van der Waals surface area contributed by atoms with Gasteiger partial charge in [0.15, 0.2) is 0 Å². The maximum absolute atomic E-state index is 13.4. The van der Waals surface area contributed by atoms with Crippen LogP contribution < -0.4 is 10.1 Å². The highest BCUT2D eigenvalue weighted by atomic mass is 32.2. The molecule has 9 heteroatoms. The van der Waals surface area contributed by atoms with E-state index in [1.54, 1.807) is 6.07 Å². The maximum atomic E-state index is 13.4. The summed E-state index contributed by atoms with van der Waals surface area (Å²) in [5.74, 6) is 0.0964. The van der Waals surface area contributed by atoms with E-state index in [0.29, 0.717) is 11.4 Å². The number of carbonyl (C=O) groups excluding carboxylic acids is 1. The van der Waals surface area contributed by atoms with Crippen LogP contribution >= 0.6 is 22.7 Å². The first-order valence-electron chi connectivity index (χ1n) is 8.40. The number of anilines is 1. The van der Waals surface area contributed by atoms with Crippen LogP contribution in [0.1, 0.15) is 16.7 Å². The number of ether oxygens (including phenoxy) is 1. The highest BCUT2D eigenvalue weighted by Gasteiger charge is 2.27. The van der Waals surface area contributed by atoms with Crippen LogP contribution in [-0.4, -0.2) is 25.7 Å². The fourth-order valence-electron chi connectivity index (χ4n) is 2.66. The quantitative estimate of drug-likeness (QED) is 0.575. The number of methoxy groups -OCH3 is 1. The summed E-state index contributed by atoms with van der Waals surface area (Å²) in [6.45, 7) is 1.92. The highest BCUT2D eigenvalue weighted by molar-refractivity contribution is 7.89. The standard InChI is InChI=1S/C19H20N2O4S3/c1-14(22)20-18-11-17(7-8-19(18)25-2)28(23,24)21(12-15-5-3-9-26-15)13-16-6-4-10-27-16/h3-11H,12-13H2,1-2H3,(H,20,22). The summed E-state index contributed by atoms with van der Waals surface area (Å²) in [7, 11) is -2.33. The molecule has 28 heavy (non-hydrogen) atoms. The van der Waals surface area contributed by atoms with Gasteiger partial charge in [-0.15, -0.1) is 22.7 Å². The predicted molar refractivity (Wildman–Crippen MR) is 112 cm³/mol. The van der Waals surface area contributed by atoms with Crippen molar-refractivity contribution < 1.29 is 17.9 Å². The lowest BCUT2D eigenvalue weighted by Crippen LogP contribution is -2.29. The molecule has 0 radical (unpaired) electrons. The lowest BCUT2D eigenvalue weighted by Gasteiger charge is -2.22. The molecule has 3 rings (SSSR count). The van der Waals surface area contributed by atoms with Crippen molar-refractivity contribution in [1.29, 1.82) is 0 Å². The van der Waals surface area contributed by atoms with Crippen molar-refractivity contribution in [2.45, 2.75) is 24.9 Å². The van der Waals surface area contributed by atoms with Crippen molar-refractivity contribution in [2.24, 2.45) is 0 Å². The minimum atomic E-state index is -3.80. The minimum Gasteiger partial charge on any atom is -0.495 e. The third kappa shape index (κ3) is 4.79. The van der Waals surface area contributed by atoms with Crippen molar-refractivity contribution in [3.05, 3.63) is 63.0 Å². The largest absolute Gasteiger partial charge is 0.495 e. The smallest absolute Gasteiger partial charge is 0.243 e. The monoisotopic (exact) mass is 436 g/mol. The van der Waals surface area contributed by atoms with Crippen molar-refractivity contribution in [3.8, 4) is 5.75 Å². The van der Waals surface area contributed by atoms with Crippen molar-refractivity contribution in [3.63, 3.8) is 0 Å². The average Bonchev–Trinajstić information content (AvgIpc) is 3.34. The Bertz CT molecular complexity index is 993. The summed E-state index contributed by atoms with van der Waals surface area (Å²) in [6.07, 6.45) is 0. The van der Waals surface area contributed by atoms with Crippen LogP contribution in [0.5, 0.6) is 5.75 Å². The number of carbonyl (C=O) groups is 1. The van der Waals surface area contributed by atoms with Gasteiger partial charge in [0.05, 0.1) is 17.7 Å². The summed E-state index contributed by atoms with van der Waals surface area (Å²) < 4.78 is 33.5. The number of hydrogen-bond donors (Lipinski definition) is 1. The van der Waals surface area contributed by atoms with Crippen LogP contribution in [0, 0.1) is 0 Å². The first-order valence-corrected chi connectivity index (χ1v) is 11.6. The Hall–Kier alpha value is -2.20. The molecule has 2 aromatic heterocycles. The average molecular weight is 437 g/mol. The van der Waals surface area contributed by atoms with E-state index in [0.717, 1.165) is 9.75 Å². The summed E-state index contributed by atoms with van der Waals surface area (Å²) >= 11 is 3.03. The fraction of sp³-hybridized carbons (Fsp3) is 0.211. The number of thiophene rings is 2. The second-order valence-corrected chi connectivity index (χ2v) is 9.98. The van der Waals surface area contributed by atoms with E-state index in [2.05, 4.69) is 5.32 Å². The number of nitrogens with one attached hydrogen (secondary N) is 1. The van der Waals surface area contributed by atoms with E-state index in [-0.39, 0.29) is 23.9 Å². The van der Waals surface area contributed by atoms with Gasteiger partial charge in [0.1, 0.15) is 5.75 Å². The molecule has 2 heterocycles. The van der Waals surface area contributed by atoms with Gasteiger partial charge in [0.25, 0.3) is 0 Å². The molecular formula is C19H20N2O4S3. The Kier molecular flexibility index (Phi) is 6.50. The van der Waals surface area contributed by atoms with Crippen molar-refractivity contribution >= 4 is 44.3 Å². The molecule has 6 nitrogen and oxygen atoms in total. The normalized spacial score (nSPS) is 11.5. The van der Waals surface area contributed by atoms with E-state index in [4.69, 9.17) is 4.74 Å². The lowest BCUT2D eigenvalue weighted by molar-refractivity contribution is -0.114. The molecule has 1 aromatic carbocycles. The van der Waals surface area contributed by atoms with E-state index in [1.165, 1.54) is 53.1 Å². The van der Waals surface area contributed by atoms with E-state index in [1.807, 2.05) is 35.0 Å². The first kappa shape index (κ1) is 20.5. The SMILES string of the molecule is COc1ccc(S(=O)(=O)N(Cc2cccs2)Cc2cccs2)cc1NC(C)=O. The third-order valence-corrected chi connectivity index (χ3v) is 7.45. The summed E-state index contributed by atoms with van der Waals surface area (Å²) in [4.78, 5) is 13.5. The molecule has 0 atom stereocenters. The molecule has 0 bridgehead atoms. The molecular weight excluding hydrogens is 416 g/mol. The molecule has 0 saturated heterocycles. The van der Waals surface area contributed by atoms with Crippen molar-refractivity contribution in [1.82, 2.24) is 4.31 Å². The van der Waals surface area contributed by atoms with Gasteiger partial charge in [-0.1, -0.05) is 12.1 Å². The highest BCUT2D eigenvalue weighted by Crippen LogP contribution is 2.31. The second-order valence-electron chi connectivity index (χ2n) is 5.98. The van der Waals surface area contributed by atoms with Gasteiger partial charge >= 0.3 is 0 Å². The minimum absolute atomic E-state index is 0.102. The number of nitrogens with zero attached hydrogens (tertiary/aromatic N) is 1. The van der Waals surface area contributed by atoms with Crippen LogP contribution in [0.25, 0.3) is 0 Å². The zero-order chi connectivity index (χ0) is 20.1. The molecule has 3 aromatic rings. The van der Waals surface area contributed by atoms with Gasteiger partial charge in [0, 0.05) is 29.8 Å². The number of sulfonamides is 1. The van der Waals surface area contributed by atoms with Crippen LogP contribution in [0.3, 0.4) is 0 Å². The van der Waals surface area contributed by atoms with Gasteiger partial charge in [-0.2, -0.15) is 4.31 Å². The maximum Gasteiger partial charge on any atom is 0.243 e. The van der Waals surface area contributed by atoms with Crippen LogP contribution in [0.2, 0.25) is 0 Å². The van der Waals surface area contributed by atoms with Crippen molar-refractivity contribution in [2.75, 3.05) is 12.4 Å². The molecule has 0 unspecified atom stereocenters. The third-order valence-electron chi connectivity index (χ3n) is 3.94. The molecule has 0 fully saturated rings. The van der Waals surface area contributed by atoms with E-state index in [9.17, 15) is 13.2 Å². The van der Waals surface area contributed by atoms with Crippen LogP contribution in [-0.2, 0) is 27.9 Å². The zero-order valence-corrected chi connectivity index (χ0v) is 17.9. The predicted octanol–water partition coefficient (Wildman–Crippen LogP) is 4.17. The number of rotatable bonds is 8. The second kappa shape index (κ2) is 8.87. The van der Waals surface area contributed by atoms with Gasteiger partial charge in [0.2, 0.25) is 15.9 Å². The summed E-state index contributed by atoms with van der Waals surface area (Å²) in [5, 5.41) is 6.47. The van der Waals surface area contributed by atoms with Gasteiger partial charge in [-0.05, 0) is 41.1 Å². The molecule has 0 aliphatic heterocycles. The molecule has 0 spiro atoms. The van der Waals surface area contributed by atoms with Gasteiger partial charge < -0.3 is 10.1 Å². The van der Waals surface area contributed by atoms with Crippen LogP contribution in [0.4, 0.5) is 5.69 Å². The number of hydrogen-bond acceptors (Lipinski definition) is 6. The van der Waals surface area contributed by atoms with Crippen LogP contribution in [0.15, 0.2) is 58.1 Å². The molecule has 1 amide bonds. The fourth-order valence-corrected chi connectivity index (χ4v) is 5.69. The summed E-state index contributed by atoms with van der Waals surface area (Å²) in [6, 6.07) is 12.1. The zero-order valence-electron chi connectivity index (χ0n) is 15.4. The molecule has 0 saturated carbocycles.